The van der Waals surface area contributed by atoms with Gasteiger partial charge < -0.3 is 20.1 Å². The van der Waals surface area contributed by atoms with Gasteiger partial charge in [-0.25, -0.2) is 4.79 Å². The summed E-state index contributed by atoms with van der Waals surface area (Å²) in [5, 5.41) is 5.98. The molecule has 3 fully saturated rings. The third-order valence-electron chi connectivity index (χ3n) is 7.42. The lowest BCUT2D eigenvalue weighted by Gasteiger charge is -2.41. The van der Waals surface area contributed by atoms with E-state index >= 15 is 0 Å². The minimum Gasteiger partial charge on any atom is -0.444 e. The van der Waals surface area contributed by atoms with Gasteiger partial charge in [0, 0.05) is 32.1 Å². The summed E-state index contributed by atoms with van der Waals surface area (Å²) < 4.78 is 11.3. The largest absolute Gasteiger partial charge is 0.444 e. The Morgan fingerprint density at radius 3 is 2.40 bits per heavy atom. The molecule has 2 heterocycles. The summed E-state index contributed by atoms with van der Waals surface area (Å²) in [4.78, 5) is 55.0. The number of piperazine rings is 1. The number of amides is 2. The standard InChI is InChI=1S/C25H42N4O6/c1-17(28(5)23(33)35-24(2,3)4)21(31)27-25(16-30,18-10-7-6-8-11-18)34-22(32)20-15-29-13-9-12-19(29)14-26-20/h16-20,26H,6-15H2,1-5H3,(H,27,31)/t17-,19?,20?,25+/m0/s1. The Morgan fingerprint density at radius 1 is 1.09 bits per heavy atom. The molecule has 2 unspecified atom stereocenters. The minimum atomic E-state index is -1.78. The van der Waals surface area contributed by atoms with Gasteiger partial charge >= 0.3 is 12.1 Å². The first-order valence-corrected chi connectivity index (χ1v) is 12.9. The van der Waals surface area contributed by atoms with Gasteiger partial charge in [-0.05, 0) is 59.9 Å². The SMILES string of the molecule is C[C@@H](C(=O)N[C@](C=O)(OC(=O)C1CN2CCCC2CN1)C1CCCCC1)N(C)C(=O)OC(C)(C)C. The molecule has 0 aromatic rings. The van der Waals surface area contributed by atoms with Crippen LogP contribution in [0.2, 0.25) is 0 Å². The monoisotopic (exact) mass is 494 g/mol. The maximum atomic E-state index is 13.2. The topological polar surface area (TPSA) is 117 Å². The summed E-state index contributed by atoms with van der Waals surface area (Å²) >= 11 is 0. The van der Waals surface area contributed by atoms with Crippen LogP contribution in [0, 0.1) is 5.92 Å². The number of hydrogen-bond acceptors (Lipinski definition) is 8. The minimum absolute atomic E-state index is 0.330. The highest BCUT2D eigenvalue weighted by molar-refractivity contribution is 5.89. The molecule has 0 aromatic heterocycles. The number of hydrogen-bond donors (Lipinski definition) is 2. The van der Waals surface area contributed by atoms with Crippen LogP contribution in [0.3, 0.4) is 0 Å². The van der Waals surface area contributed by atoms with Crippen LogP contribution >= 0.6 is 0 Å². The summed E-state index contributed by atoms with van der Waals surface area (Å²) in [7, 11) is 1.46. The molecule has 2 amide bonds. The van der Waals surface area contributed by atoms with Crippen molar-refractivity contribution < 1.29 is 28.7 Å². The molecule has 3 rings (SSSR count). The van der Waals surface area contributed by atoms with E-state index in [9.17, 15) is 19.2 Å². The van der Waals surface area contributed by atoms with E-state index in [0.29, 0.717) is 38.3 Å². The van der Waals surface area contributed by atoms with Gasteiger partial charge in [0.05, 0.1) is 0 Å². The van der Waals surface area contributed by atoms with Gasteiger partial charge in [-0.1, -0.05) is 19.3 Å². The average molecular weight is 495 g/mol. The number of carbonyl (C=O) groups is 4. The molecule has 10 nitrogen and oxygen atoms in total. The molecule has 198 valence electrons. The van der Waals surface area contributed by atoms with E-state index in [1.165, 1.54) is 11.9 Å². The number of rotatable bonds is 7. The number of likely N-dealkylation sites (N-methyl/N-ethyl adjacent to an activating group) is 1. The van der Waals surface area contributed by atoms with Crippen molar-refractivity contribution in [2.24, 2.45) is 5.92 Å². The van der Waals surface area contributed by atoms with Crippen molar-refractivity contribution in [1.82, 2.24) is 20.4 Å². The Hall–Kier alpha value is -2.20. The number of fused-ring (bicyclic) bond motifs is 1. The van der Waals surface area contributed by atoms with E-state index in [0.717, 1.165) is 38.6 Å². The smallest absolute Gasteiger partial charge is 0.410 e. The van der Waals surface area contributed by atoms with E-state index in [2.05, 4.69) is 15.5 Å². The molecule has 3 aliphatic rings. The zero-order valence-corrected chi connectivity index (χ0v) is 21.8. The first-order valence-electron chi connectivity index (χ1n) is 12.9. The molecule has 0 bridgehead atoms. The van der Waals surface area contributed by atoms with E-state index in [-0.39, 0.29) is 5.92 Å². The fraction of sp³-hybridized carbons (Fsp3) is 0.840. The van der Waals surface area contributed by atoms with Gasteiger partial charge in [0.25, 0.3) is 0 Å². The van der Waals surface area contributed by atoms with Gasteiger partial charge in [0.1, 0.15) is 17.7 Å². The van der Waals surface area contributed by atoms with Crippen LogP contribution in [0.5, 0.6) is 0 Å². The molecule has 1 saturated carbocycles. The second kappa shape index (κ2) is 11.2. The predicted molar refractivity (Wildman–Crippen MR) is 129 cm³/mol. The molecule has 1 aliphatic carbocycles. The zero-order chi connectivity index (χ0) is 25.8. The molecule has 4 atom stereocenters. The summed E-state index contributed by atoms with van der Waals surface area (Å²) in [6.45, 7) is 8.94. The average Bonchev–Trinajstić information content (AvgIpc) is 3.30. The Labute approximate surface area is 208 Å². The molecule has 2 saturated heterocycles. The van der Waals surface area contributed by atoms with Gasteiger partial charge in [-0.3, -0.25) is 24.2 Å². The third-order valence-corrected chi connectivity index (χ3v) is 7.42. The fourth-order valence-corrected chi connectivity index (χ4v) is 5.20. The van der Waals surface area contributed by atoms with E-state index in [1.54, 1.807) is 27.7 Å². The number of esters is 1. The number of nitrogens with one attached hydrogen (secondary N) is 2. The molecule has 0 radical (unpaired) electrons. The Kier molecular flexibility index (Phi) is 8.80. The van der Waals surface area contributed by atoms with Crippen molar-refractivity contribution in [2.75, 3.05) is 26.7 Å². The maximum Gasteiger partial charge on any atom is 0.410 e. The summed E-state index contributed by atoms with van der Waals surface area (Å²) in [6.07, 6.45) is 6.24. The highest BCUT2D eigenvalue weighted by Gasteiger charge is 2.47. The van der Waals surface area contributed by atoms with E-state index < -0.39 is 41.4 Å². The van der Waals surface area contributed by atoms with Crippen LogP contribution in [0.15, 0.2) is 0 Å². The summed E-state index contributed by atoms with van der Waals surface area (Å²) in [5.74, 6) is -1.45. The number of ether oxygens (including phenoxy) is 2. The van der Waals surface area contributed by atoms with Crippen LogP contribution in [-0.4, -0.2) is 90.2 Å². The fourth-order valence-electron chi connectivity index (χ4n) is 5.20. The molecule has 2 N–H and O–H groups in total. The van der Waals surface area contributed by atoms with Crippen molar-refractivity contribution in [2.45, 2.75) is 102 Å². The molecule has 0 spiro atoms. The Bertz CT molecular complexity index is 793. The molecule has 0 aromatic carbocycles. The van der Waals surface area contributed by atoms with Crippen molar-refractivity contribution in [3.05, 3.63) is 0 Å². The summed E-state index contributed by atoms with van der Waals surface area (Å²) in [6, 6.07) is -1.08. The number of nitrogens with zero attached hydrogens (tertiary/aromatic N) is 2. The lowest BCUT2D eigenvalue weighted by Crippen LogP contribution is -2.64. The predicted octanol–water partition coefficient (Wildman–Crippen LogP) is 1.81. The Balaban J connectivity index is 1.74. The quantitative estimate of drug-likeness (QED) is 0.313. The van der Waals surface area contributed by atoms with Crippen molar-refractivity contribution in [3.8, 4) is 0 Å². The number of carbonyl (C=O) groups excluding carboxylic acids is 4. The van der Waals surface area contributed by atoms with Crippen LogP contribution < -0.4 is 10.6 Å². The Morgan fingerprint density at radius 2 is 1.77 bits per heavy atom. The first kappa shape index (κ1) is 27.4. The normalized spacial score (nSPS) is 26.1. The molecule has 10 heteroatoms. The maximum absolute atomic E-state index is 13.2. The summed E-state index contributed by atoms with van der Waals surface area (Å²) in [5.41, 5.74) is -2.49. The van der Waals surface area contributed by atoms with E-state index in [4.69, 9.17) is 9.47 Å². The molecule has 2 aliphatic heterocycles. The molecular formula is C25H42N4O6. The second-order valence-electron chi connectivity index (χ2n) is 11.2. The first-order chi connectivity index (χ1) is 16.5. The zero-order valence-electron chi connectivity index (χ0n) is 21.8. The van der Waals surface area contributed by atoms with E-state index in [1.807, 2.05) is 0 Å². The van der Waals surface area contributed by atoms with Crippen LogP contribution in [-0.2, 0) is 23.9 Å². The highest BCUT2D eigenvalue weighted by atomic mass is 16.6. The van der Waals surface area contributed by atoms with Crippen molar-refractivity contribution >= 4 is 24.3 Å². The third kappa shape index (κ3) is 6.73. The van der Waals surface area contributed by atoms with Gasteiger partial charge in [0.2, 0.25) is 11.6 Å². The lowest BCUT2D eigenvalue weighted by atomic mass is 9.81. The van der Waals surface area contributed by atoms with Crippen LogP contribution in [0.1, 0.15) is 72.6 Å². The van der Waals surface area contributed by atoms with Crippen molar-refractivity contribution in [3.63, 3.8) is 0 Å². The molecular weight excluding hydrogens is 452 g/mol. The van der Waals surface area contributed by atoms with Gasteiger partial charge in [-0.2, -0.15) is 0 Å². The number of aldehydes is 1. The molecule has 35 heavy (non-hydrogen) atoms. The van der Waals surface area contributed by atoms with Gasteiger partial charge in [-0.15, -0.1) is 0 Å². The second-order valence-corrected chi connectivity index (χ2v) is 11.2. The van der Waals surface area contributed by atoms with Gasteiger partial charge in [0.15, 0.2) is 6.29 Å². The lowest BCUT2D eigenvalue weighted by molar-refractivity contribution is -0.181. The van der Waals surface area contributed by atoms with Crippen LogP contribution in [0.4, 0.5) is 4.79 Å². The highest BCUT2D eigenvalue weighted by Crippen LogP contribution is 2.33. The van der Waals surface area contributed by atoms with Crippen LogP contribution in [0.25, 0.3) is 0 Å². The van der Waals surface area contributed by atoms with Crippen molar-refractivity contribution in [1.29, 1.82) is 0 Å².